The third-order valence-electron chi connectivity index (χ3n) is 3.20. The van der Waals surface area contributed by atoms with Crippen molar-refractivity contribution in [2.45, 2.75) is 12.5 Å². The molecule has 0 aliphatic rings. The molecule has 0 radical (unpaired) electrons. The Balaban J connectivity index is 1.90. The molecular formula is C15H12ClNO3. The highest BCUT2D eigenvalue weighted by Crippen LogP contribution is 2.25. The van der Waals surface area contributed by atoms with Crippen LogP contribution in [0.2, 0.25) is 5.02 Å². The lowest BCUT2D eigenvalue weighted by Crippen LogP contribution is -2.02. The Morgan fingerprint density at radius 2 is 2.05 bits per heavy atom. The SMILES string of the molecule is O=c1[nH]c2ccc(C(O)Cc3ccccc3Cl)cc2o1. The first-order valence-electron chi connectivity index (χ1n) is 6.18. The van der Waals surface area contributed by atoms with Crippen LogP contribution in [0.5, 0.6) is 0 Å². The molecule has 1 heterocycles. The second kappa shape index (κ2) is 5.15. The molecule has 0 bridgehead atoms. The quantitative estimate of drug-likeness (QED) is 0.779. The number of benzene rings is 2. The van der Waals surface area contributed by atoms with Gasteiger partial charge in [0.25, 0.3) is 0 Å². The number of hydrogen-bond acceptors (Lipinski definition) is 3. The van der Waals surface area contributed by atoms with Crippen LogP contribution in [-0.4, -0.2) is 10.1 Å². The average Bonchev–Trinajstić information content (AvgIpc) is 2.80. The summed E-state index contributed by atoms with van der Waals surface area (Å²) in [5.74, 6) is -0.502. The Kier molecular flexibility index (Phi) is 3.34. The molecule has 0 saturated heterocycles. The maximum Gasteiger partial charge on any atom is 0.417 e. The van der Waals surface area contributed by atoms with E-state index in [4.69, 9.17) is 16.0 Å². The van der Waals surface area contributed by atoms with Gasteiger partial charge in [-0.2, -0.15) is 0 Å². The second-order valence-corrected chi connectivity index (χ2v) is 4.99. The highest BCUT2D eigenvalue weighted by molar-refractivity contribution is 6.31. The maximum atomic E-state index is 11.1. The summed E-state index contributed by atoms with van der Waals surface area (Å²) in [5.41, 5.74) is 2.60. The zero-order chi connectivity index (χ0) is 14.1. The number of oxazole rings is 1. The predicted molar refractivity (Wildman–Crippen MR) is 77.0 cm³/mol. The molecule has 3 rings (SSSR count). The van der Waals surface area contributed by atoms with Gasteiger partial charge in [-0.15, -0.1) is 0 Å². The van der Waals surface area contributed by atoms with Crippen molar-refractivity contribution >= 4 is 22.7 Å². The smallest absolute Gasteiger partial charge is 0.408 e. The van der Waals surface area contributed by atoms with Gasteiger partial charge < -0.3 is 9.52 Å². The zero-order valence-electron chi connectivity index (χ0n) is 10.5. The van der Waals surface area contributed by atoms with Gasteiger partial charge in [0.1, 0.15) is 0 Å². The molecule has 2 aromatic carbocycles. The topological polar surface area (TPSA) is 66.2 Å². The first-order valence-corrected chi connectivity index (χ1v) is 6.55. The molecule has 1 unspecified atom stereocenters. The van der Waals surface area contributed by atoms with E-state index in [9.17, 15) is 9.90 Å². The van der Waals surface area contributed by atoms with Crippen molar-refractivity contribution < 1.29 is 9.52 Å². The number of hydrogen-bond donors (Lipinski definition) is 2. The van der Waals surface area contributed by atoms with Crippen molar-refractivity contribution in [1.29, 1.82) is 0 Å². The second-order valence-electron chi connectivity index (χ2n) is 4.58. The molecule has 0 spiro atoms. The minimum absolute atomic E-state index is 0.403. The molecule has 0 fully saturated rings. The lowest BCUT2D eigenvalue weighted by molar-refractivity contribution is 0.178. The lowest BCUT2D eigenvalue weighted by Gasteiger charge is -2.12. The maximum absolute atomic E-state index is 11.1. The van der Waals surface area contributed by atoms with Crippen LogP contribution in [0.3, 0.4) is 0 Å². The minimum atomic E-state index is -0.709. The third-order valence-corrected chi connectivity index (χ3v) is 3.57. The standard InChI is InChI=1S/C15H12ClNO3/c16-11-4-2-1-3-9(11)7-13(18)10-5-6-12-14(8-10)20-15(19)17-12/h1-6,8,13,18H,7H2,(H,17,19). The molecule has 0 aliphatic carbocycles. The van der Waals surface area contributed by atoms with E-state index in [0.29, 0.717) is 28.1 Å². The van der Waals surface area contributed by atoms with Gasteiger partial charge in [0, 0.05) is 11.4 Å². The molecule has 102 valence electrons. The van der Waals surface area contributed by atoms with Crippen LogP contribution in [0.4, 0.5) is 0 Å². The number of aliphatic hydroxyl groups is 1. The van der Waals surface area contributed by atoms with Crippen LogP contribution in [0.25, 0.3) is 11.1 Å². The molecule has 0 saturated carbocycles. The molecule has 3 aromatic rings. The molecule has 4 nitrogen and oxygen atoms in total. The molecule has 0 aliphatic heterocycles. The average molecular weight is 290 g/mol. The predicted octanol–water partition coefficient (Wildman–Crippen LogP) is 3.05. The number of nitrogens with one attached hydrogen (secondary N) is 1. The molecule has 2 N–H and O–H groups in total. The summed E-state index contributed by atoms with van der Waals surface area (Å²) in [6.45, 7) is 0. The van der Waals surface area contributed by atoms with E-state index in [2.05, 4.69) is 4.98 Å². The highest BCUT2D eigenvalue weighted by Gasteiger charge is 2.12. The Bertz CT molecular complexity index is 806. The van der Waals surface area contributed by atoms with Crippen LogP contribution in [0, 0.1) is 0 Å². The molecule has 1 atom stereocenters. The summed E-state index contributed by atoms with van der Waals surface area (Å²) in [5, 5.41) is 10.9. The van der Waals surface area contributed by atoms with Gasteiger partial charge >= 0.3 is 5.76 Å². The highest BCUT2D eigenvalue weighted by atomic mass is 35.5. The van der Waals surface area contributed by atoms with Crippen LogP contribution in [0.1, 0.15) is 17.2 Å². The summed E-state index contributed by atoms with van der Waals surface area (Å²) < 4.78 is 4.98. The molecule has 20 heavy (non-hydrogen) atoms. The van der Waals surface area contributed by atoms with Crippen LogP contribution in [-0.2, 0) is 6.42 Å². The van der Waals surface area contributed by atoms with Gasteiger partial charge in [-0.25, -0.2) is 4.79 Å². The zero-order valence-corrected chi connectivity index (χ0v) is 11.2. The Morgan fingerprint density at radius 3 is 2.85 bits per heavy atom. The van der Waals surface area contributed by atoms with Crippen LogP contribution >= 0.6 is 11.6 Å². The van der Waals surface area contributed by atoms with Crippen molar-refractivity contribution in [1.82, 2.24) is 4.98 Å². The molecular weight excluding hydrogens is 278 g/mol. The third kappa shape index (κ3) is 2.48. The number of H-pyrrole nitrogens is 1. The van der Waals surface area contributed by atoms with Crippen molar-refractivity contribution in [3.8, 4) is 0 Å². The van der Waals surface area contributed by atoms with E-state index >= 15 is 0 Å². The number of aliphatic hydroxyl groups excluding tert-OH is 1. The van der Waals surface area contributed by atoms with E-state index in [-0.39, 0.29) is 0 Å². The van der Waals surface area contributed by atoms with E-state index in [0.717, 1.165) is 5.56 Å². The lowest BCUT2D eigenvalue weighted by atomic mass is 10.0. The number of rotatable bonds is 3. The minimum Gasteiger partial charge on any atom is -0.408 e. The van der Waals surface area contributed by atoms with Crippen LogP contribution in [0.15, 0.2) is 51.7 Å². The number of aromatic nitrogens is 1. The Hall–Kier alpha value is -2.04. The van der Waals surface area contributed by atoms with Gasteiger partial charge in [0.05, 0.1) is 11.6 Å². The summed E-state index contributed by atoms with van der Waals surface area (Å²) in [4.78, 5) is 13.7. The van der Waals surface area contributed by atoms with Crippen LogP contribution < -0.4 is 5.76 Å². The van der Waals surface area contributed by atoms with E-state index in [1.54, 1.807) is 24.3 Å². The number of aromatic amines is 1. The fraction of sp³-hybridized carbons (Fsp3) is 0.133. The molecule has 0 amide bonds. The number of fused-ring (bicyclic) bond motifs is 1. The fourth-order valence-electron chi connectivity index (χ4n) is 2.16. The molecule has 1 aromatic heterocycles. The Morgan fingerprint density at radius 1 is 1.25 bits per heavy atom. The van der Waals surface area contributed by atoms with E-state index in [1.807, 2.05) is 18.2 Å². The van der Waals surface area contributed by atoms with Gasteiger partial charge in [-0.1, -0.05) is 35.9 Å². The fourth-order valence-corrected chi connectivity index (χ4v) is 2.37. The Labute approximate surface area is 119 Å². The van der Waals surface area contributed by atoms with Crippen molar-refractivity contribution in [3.05, 3.63) is 69.2 Å². The summed E-state index contributed by atoms with van der Waals surface area (Å²) in [6, 6.07) is 12.5. The molecule has 5 heteroatoms. The first kappa shape index (κ1) is 13.0. The van der Waals surface area contributed by atoms with Crippen molar-refractivity contribution in [2.24, 2.45) is 0 Å². The van der Waals surface area contributed by atoms with Crippen molar-refractivity contribution in [2.75, 3.05) is 0 Å². The van der Waals surface area contributed by atoms with Gasteiger partial charge in [0.2, 0.25) is 0 Å². The first-order chi connectivity index (χ1) is 9.63. The van der Waals surface area contributed by atoms with Gasteiger partial charge in [0.15, 0.2) is 5.58 Å². The summed E-state index contributed by atoms with van der Waals surface area (Å²) in [6.07, 6.45) is -0.306. The van der Waals surface area contributed by atoms with Gasteiger partial charge in [-0.05, 0) is 29.3 Å². The summed E-state index contributed by atoms with van der Waals surface area (Å²) in [7, 11) is 0. The van der Waals surface area contributed by atoms with Crippen molar-refractivity contribution in [3.63, 3.8) is 0 Å². The largest absolute Gasteiger partial charge is 0.417 e. The monoisotopic (exact) mass is 289 g/mol. The number of halogens is 1. The normalized spacial score (nSPS) is 12.7. The van der Waals surface area contributed by atoms with E-state index < -0.39 is 11.9 Å². The summed E-state index contributed by atoms with van der Waals surface area (Å²) >= 11 is 6.08. The van der Waals surface area contributed by atoms with Gasteiger partial charge in [-0.3, -0.25) is 4.98 Å². The van der Waals surface area contributed by atoms with E-state index in [1.165, 1.54) is 0 Å².